The zero-order chi connectivity index (χ0) is 15.2. The average molecular weight is 312 g/mol. The van der Waals surface area contributed by atoms with Crippen LogP contribution in [0, 0.1) is 0 Å². The molecule has 2 rings (SSSR count). The van der Waals surface area contributed by atoms with Gasteiger partial charge in [0, 0.05) is 20.8 Å². The summed E-state index contributed by atoms with van der Waals surface area (Å²) in [5.41, 5.74) is 1.06. The maximum Gasteiger partial charge on any atom is 0.231 e. The van der Waals surface area contributed by atoms with Crippen molar-refractivity contribution in [1.29, 1.82) is 0 Å². The third-order valence-corrected chi connectivity index (χ3v) is 3.38. The smallest absolute Gasteiger partial charge is 0.231 e. The lowest BCUT2D eigenvalue weighted by Crippen LogP contribution is -2.46. The van der Waals surface area contributed by atoms with Crippen LogP contribution in [0.5, 0.6) is 11.5 Å². The number of nitrogens with one attached hydrogen (secondary N) is 2. The summed E-state index contributed by atoms with van der Waals surface area (Å²) in [6.07, 6.45) is -0.352. The SMILES string of the molecule is COC(OC)C(C)NC(=S)NCc1ccc2c(c1)OCO2. The summed E-state index contributed by atoms with van der Waals surface area (Å²) in [6, 6.07) is 5.75. The topological polar surface area (TPSA) is 61.0 Å². The molecule has 1 aliphatic heterocycles. The molecule has 2 N–H and O–H groups in total. The molecule has 0 aromatic heterocycles. The van der Waals surface area contributed by atoms with Crippen molar-refractivity contribution in [3.63, 3.8) is 0 Å². The molecule has 0 saturated heterocycles. The summed E-state index contributed by atoms with van der Waals surface area (Å²) in [5, 5.41) is 6.80. The molecule has 1 heterocycles. The van der Waals surface area contributed by atoms with Crippen molar-refractivity contribution < 1.29 is 18.9 Å². The molecular formula is C14H20N2O4S. The molecule has 21 heavy (non-hydrogen) atoms. The quantitative estimate of drug-likeness (QED) is 0.608. The van der Waals surface area contributed by atoms with Crippen molar-refractivity contribution in [2.24, 2.45) is 0 Å². The first-order valence-corrected chi connectivity index (χ1v) is 7.03. The van der Waals surface area contributed by atoms with E-state index < -0.39 is 0 Å². The maximum atomic E-state index is 5.34. The Morgan fingerprint density at radius 3 is 2.71 bits per heavy atom. The summed E-state index contributed by atoms with van der Waals surface area (Å²) < 4.78 is 21.0. The van der Waals surface area contributed by atoms with E-state index in [0.29, 0.717) is 11.7 Å². The van der Waals surface area contributed by atoms with E-state index in [2.05, 4.69) is 10.6 Å². The zero-order valence-electron chi connectivity index (χ0n) is 12.3. The van der Waals surface area contributed by atoms with E-state index in [1.807, 2.05) is 25.1 Å². The zero-order valence-corrected chi connectivity index (χ0v) is 13.2. The lowest BCUT2D eigenvalue weighted by atomic mass is 10.2. The maximum absolute atomic E-state index is 5.34. The minimum Gasteiger partial charge on any atom is -0.454 e. The number of hydrogen-bond donors (Lipinski definition) is 2. The second-order valence-electron chi connectivity index (χ2n) is 4.64. The molecule has 0 saturated carbocycles. The third kappa shape index (κ3) is 4.20. The number of hydrogen-bond acceptors (Lipinski definition) is 5. The van der Waals surface area contributed by atoms with Crippen LogP contribution in [-0.2, 0) is 16.0 Å². The van der Waals surface area contributed by atoms with E-state index in [0.717, 1.165) is 17.1 Å². The Hall–Kier alpha value is -1.57. The molecule has 6 nitrogen and oxygen atoms in total. The molecule has 7 heteroatoms. The largest absolute Gasteiger partial charge is 0.454 e. The van der Waals surface area contributed by atoms with Gasteiger partial charge in [-0.2, -0.15) is 0 Å². The normalized spacial score (nSPS) is 14.1. The molecule has 0 radical (unpaired) electrons. The highest BCUT2D eigenvalue weighted by molar-refractivity contribution is 7.80. The molecule has 0 bridgehead atoms. The van der Waals surface area contributed by atoms with Crippen LogP contribution in [0.1, 0.15) is 12.5 Å². The first kappa shape index (κ1) is 15.8. The Morgan fingerprint density at radius 1 is 1.29 bits per heavy atom. The minimum atomic E-state index is -0.352. The van der Waals surface area contributed by atoms with Gasteiger partial charge in [-0.1, -0.05) is 6.07 Å². The number of benzene rings is 1. The Bertz CT molecular complexity index is 494. The molecule has 0 amide bonds. The van der Waals surface area contributed by atoms with Crippen LogP contribution in [0.25, 0.3) is 0 Å². The van der Waals surface area contributed by atoms with Gasteiger partial charge in [0.15, 0.2) is 22.9 Å². The Kier molecular flexibility index (Phi) is 5.60. The third-order valence-electron chi connectivity index (χ3n) is 3.12. The number of ether oxygens (including phenoxy) is 4. The van der Waals surface area contributed by atoms with Gasteiger partial charge in [0.1, 0.15) is 0 Å². The predicted octanol–water partition coefficient (Wildman–Crippen LogP) is 1.39. The lowest BCUT2D eigenvalue weighted by molar-refractivity contribution is -0.116. The van der Waals surface area contributed by atoms with E-state index in [-0.39, 0.29) is 19.1 Å². The van der Waals surface area contributed by atoms with E-state index in [4.69, 9.17) is 31.2 Å². The second-order valence-corrected chi connectivity index (χ2v) is 5.05. The molecule has 1 aromatic carbocycles. The van der Waals surface area contributed by atoms with E-state index in [9.17, 15) is 0 Å². The van der Waals surface area contributed by atoms with Gasteiger partial charge in [-0.3, -0.25) is 0 Å². The van der Waals surface area contributed by atoms with E-state index in [1.54, 1.807) is 14.2 Å². The highest BCUT2D eigenvalue weighted by Crippen LogP contribution is 2.32. The van der Waals surface area contributed by atoms with Gasteiger partial charge < -0.3 is 29.6 Å². The molecule has 1 atom stereocenters. The van der Waals surface area contributed by atoms with Crippen LogP contribution >= 0.6 is 12.2 Å². The predicted molar refractivity (Wildman–Crippen MR) is 82.4 cm³/mol. The molecule has 1 unspecified atom stereocenters. The van der Waals surface area contributed by atoms with Crippen LogP contribution in [0.4, 0.5) is 0 Å². The Morgan fingerprint density at radius 2 is 2.00 bits per heavy atom. The number of fused-ring (bicyclic) bond motifs is 1. The van der Waals surface area contributed by atoms with Gasteiger partial charge >= 0.3 is 0 Å². The molecule has 1 aromatic rings. The van der Waals surface area contributed by atoms with Gasteiger partial charge in [-0.05, 0) is 36.8 Å². The van der Waals surface area contributed by atoms with E-state index in [1.165, 1.54) is 0 Å². The van der Waals surface area contributed by atoms with E-state index >= 15 is 0 Å². The number of methoxy groups -OCH3 is 2. The highest BCUT2D eigenvalue weighted by atomic mass is 32.1. The van der Waals surface area contributed by atoms with Crippen LogP contribution in [0.3, 0.4) is 0 Å². The van der Waals surface area contributed by atoms with Gasteiger partial charge in [-0.25, -0.2) is 0 Å². The molecule has 1 aliphatic rings. The summed E-state index contributed by atoms with van der Waals surface area (Å²) in [5.74, 6) is 1.54. The van der Waals surface area contributed by atoms with Crippen molar-refractivity contribution in [2.75, 3.05) is 21.0 Å². The minimum absolute atomic E-state index is 0.0586. The fourth-order valence-electron chi connectivity index (χ4n) is 2.06. The monoisotopic (exact) mass is 312 g/mol. The Labute approximate surface area is 129 Å². The summed E-state index contributed by atoms with van der Waals surface area (Å²) in [7, 11) is 3.19. The summed E-state index contributed by atoms with van der Waals surface area (Å²) in [4.78, 5) is 0. The summed E-state index contributed by atoms with van der Waals surface area (Å²) in [6.45, 7) is 2.81. The molecular weight excluding hydrogens is 292 g/mol. The molecule has 0 aliphatic carbocycles. The first-order chi connectivity index (χ1) is 10.1. The van der Waals surface area contributed by atoms with Crippen molar-refractivity contribution in [1.82, 2.24) is 10.6 Å². The first-order valence-electron chi connectivity index (χ1n) is 6.62. The van der Waals surface area contributed by atoms with Crippen LogP contribution in [-0.4, -0.2) is 38.5 Å². The van der Waals surface area contributed by atoms with Crippen molar-refractivity contribution >= 4 is 17.3 Å². The average Bonchev–Trinajstić information content (AvgIpc) is 2.93. The molecule has 116 valence electrons. The molecule has 0 spiro atoms. The summed E-state index contributed by atoms with van der Waals surface area (Å²) >= 11 is 5.25. The van der Waals surface area contributed by atoms with Crippen LogP contribution in [0.15, 0.2) is 18.2 Å². The number of rotatable bonds is 6. The number of thiocarbonyl (C=S) groups is 1. The van der Waals surface area contributed by atoms with Crippen LogP contribution < -0.4 is 20.1 Å². The van der Waals surface area contributed by atoms with Gasteiger partial charge in [-0.15, -0.1) is 0 Å². The highest BCUT2D eigenvalue weighted by Gasteiger charge is 2.16. The van der Waals surface area contributed by atoms with Gasteiger partial charge in [0.05, 0.1) is 6.04 Å². The van der Waals surface area contributed by atoms with Gasteiger partial charge in [0.2, 0.25) is 6.79 Å². The second kappa shape index (κ2) is 7.44. The lowest BCUT2D eigenvalue weighted by Gasteiger charge is -2.23. The Balaban J connectivity index is 1.81. The van der Waals surface area contributed by atoms with Crippen molar-refractivity contribution in [3.05, 3.63) is 23.8 Å². The standard InChI is InChI=1S/C14H20N2O4S/c1-9(13(17-2)18-3)16-14(21)15-7-10-4-5-11-12(6-10)20-8-19-11/h4-6,9,13H,7-8H2,1-3H3,(H2,15,16,21). The van der Waals surface area contributed by atoms with Crippen molar-refractivity contribution in [2.45, 2.75) is 25.8 Å². The van der Waals surface area contributed by atoms with Crippen molar-refractivity contribution in [3.8, 4) is 11.5 Å². The fourth-order valence-corrected chi connectivity index (χ4v) is 2.32. The fraction of sp³-hybridized carbons (Fsp3) is 0.500. The van der Waals surface area contributed by atoms with Crippen LogP contribution in [0.2, 0.25) is 0 Å². The van der Waals surface area contributed by atoms with Gasteiger partial charge in [0.25, 0.3) is 0 Å². The molecule has 0 fully saturated rings.